The van der Waals surface area contributed by atoms with Crippen LogP contribution < -0.4 is 10.2 Å². The molecule has 0 aliphatic carbocycles. The van der Waals surface area contributed by atoms with E-state index in [-0.39, 0.29) is 0 Å². The number of aromatic amines is 1. The zero-order chi connectivity index (χ0) is 15.4. The Labute approximate surface area is 131 Å². The van der Waals surface area contributed by atoms with Gasteiger partial charge in [-0.25, -0.2) is 4.98 Å². The van der Waals surface area contributed by atoms with E-state index in [4.69, 9.17) is 0 Å². The molecular weight excluding hydrogens is 272 g/mol. The predicted molar refractivity (Wildman–Crippen MR) is 92.3 cm³/mol. The van der Waals surface area contributed by atoms with Crippen LogP contribution in [-0.4, -0.2) is 30.6 Å². The van der Waals surface area contributed by atoms with Gasteiger partial charge in [0.25, 0.3) is 0 Å². The number of para-hydroxylation sites is 2. The summed E-state index contributed by atoms with van der Waals surface area (Å²) in [7, 11) is 4.11. The second-order valence-electron chi connectivity index (χ2n) is 5.69. The summed E-state index contributed by atoms with van der Waals surface area (Å²) >= 11 is 0. The zero-order valence-electron chi connectivity index (χ0n) is 13.1. The van der Waals surface area contributed by atoms with Crippen molar-refractivity contribution in [2.45, 2.75) is 13.0 Å². The third-order valence-corrected chi connectivity index (χ3v) is 3.76. The van der Waals surface area contributed by atoms with Crippen LogP contribution in [-0.2, 0) is 13.0 Å². The number of hydrogen-bond acceptors (Lipinski definition) is 3. The minimum atomic E-state index is 0.883. The summed E-state index contributed by atoms with van der Waals surface area (Å²) in [6, 6.07) is 16.8. The van der Waals surface area contributed by atoms with Crippen molar-refractivity contribution in [3.05, 3.63) is 59.9 Å². The number of benzene rings is 2. The molecule has 0 bridgehead atoms. The van der Waals surface area contributed by atoms with Crippen LogP contribution in [0, 0.1) is 0 Å². The van der Waals surface area contributed by atoms with Gasteiger partial charge in [-0.15, -0.1) is 0 Å². The first-order valence-corrected chi connectivity index (χ1v) is 7.63. The summed E-state index contributed by atoms with van der Waals surface area (Å²) in [6.45, 7) is 1.79. The number of anilines is 1. The monoisotopic (exact) mass is 294 g/mol. The largest absolute Gasteiger partial charge is 0.378 e. The van der Waals surface area contributed by atoms with Crippen molar-refractivity contribution in [2.75, 3.05) is 25.5 Å². The number of hydrogen-bond donors (Lipinski definition) is 2. The minimum Gasteiger partial charge on any atom is -0.378 e. The van der Waals surface area contributed by atoms with Gasteiger partial charge in [0.1, 0.15) is 5.82 Å². The standard InChI is InChI=1S/C18H22N4/c1-22(2)15-9-7-14(8-10-15)13-19-12-11-18-20-16-5-3-4-6-17(16)21-18/h3-10,19H,11-13H2,1-2H3,(H,20,21). The highest BCUT2D eigenvalue weighted by molar-refractivity contribution is 5.74. The summed E-state index contributed by atoms with van der Waals surface area (Å²) in [5.74, 6) is 1.04. The van der Waals surface area contributed by atoms with E-state index in [1.807, 2.05) is 18.2 Å². The molecule has 0 radical (unpaired) electrons. The van der Waals surface area contributed by atoms with Crippen LogP contribution in [0.15, 0.2) is 48.5 Å². The van der Waals surface area contributed by atoms with Crippen molar-refractivity contribution in [2.24, 2.45) is 0 Å². The summed E-state index contributed by atoms with van der Waals surface area (Å²) in [5, 5.41) is 3.47. The zero-order valence-corrected chi connectivity index (χ0v) is 13.1. The number of nitrogens with one attached hydrogen (secondary N) is 2. The first-order chi connectivity index (χ1) is 10.7. The fourth-order valence-electron chi connectivity index (χ4n) is 2.48. The van der Waals surface area contributed by atoms with Gasteiger partial charge in [0.2, 0.25) is 0 Å². The Morgan fingerprint density at radius 2 is 1.82 bits per heavy atom. The van der Waals surface area contributed by atoms with Gasteiger partial charge in [-0.1, -0.05) is 24.3 Å². The molecule has 22 heavy (non-hydrogen) atoms. The molecule has 1 heterocycles. The van der Waals surface area contributed by atoms with Crippen molar-refractivity contribution in [1.82, 2.24) is 15.3 Å². The Bertz CT molecular complexity index is 695. The van der Waals surface area contributed by atoms with Gasteiger partial charge in [0.05, 0.1) is 11.0 Å². The van der Waals surface area contributed by atoms with E-state index in [0.29, 0.717) is 0 Å². The van der Waals surface area contributed by atoms with Gasteiger partial charge in [-0.05, 0) is 29.8 Å². The van der Waals surface area contributed by atoms with E-state index in [9.17, 15) is 0 Å². The number of H-pyrrole nitrogens is 1. The van der Waals surface area contributed by atoms with Gasteiger partial charge < -0.3 is 15.2 Å². The van der Waals surface area contributed by atoms with Crippen LogP contribution in [0.3, 0.4) is 0 Å². The molecule has 0 unspecified atom stereocenters. The Hall–Kier alpha value is -2.33. The molecule has 114 valence electrons. The Morgan fingerprint density at radius 3 is 2.55 bits per heavy atom. The van der Waals surface area contributed by atoms with Crippen molar-refractivity contribution < 1.29 is 0 Å². The molecule has 0 atom stereocenters. The molecule has 4 heteroatoms. The molecule has 0 aliphatic heterocycles. The number of aromatic nitrogens is 2. The highest BCUT2D eigenvalue weighted by Crippen LogP contribution is 2.12. The Kier molecular flexibility index (Phi) is 4.39. The molecule has 3 aromatic rings. The van der Waals surface area contributed by atoms with Crippen LogP contribution in [0.25, 0.3) is 11.0 Å². The molecule has 3 rings (SSSR count). The van der Waals surface area contributed by atoms with Crippen molar-refractivity contribution in [1.29, 1.82) is 0 Å². The highest BCUT2D eigenvalue weighted by atomic mass is 15.1. The Morgan fingerprint density at radius 1 is 1.05 bits per heavy atom. The lowest BCUT2D eigenvalue weighted by Crippen LogP contribution is -2.17. The summed E-state index contributed by atoms with van der Waals surface area (Å²) in [6.07, 6.45) is 0.907. The highest BCUT2D eigenvalue weighted by Gasteiger charge is 2.01. The lowest BCUT2D eigenvalue weighted by atomic mass is 10.2. The van der Waals surface area contributed by atoms with Gasteiger partial charge >= 0.3 is 0 Å². The first-order valence-electron chi connectivity index (χ1n) is 7.63. The molecule has 0 saturated heterocycles. The number of nitrogens with zero attached hydrogens (tertiary/aromatic N) is 2. The molecular formula is C18H22N4. The molecule has 2 N–H and O–H groups in total. The van der Waals surface area contributed by atoms with Crippen molar-refractivity contribution >= 4 is 16.7 Å². The summed E-state index contributed by atoms with van der Waals surface area (Å²) < 4.78 is 0. The fourth-order valence-corrected chi connectivity index (χ4v) is 2.48. The van der Waals surface area contributed by atoms with E-state index in [0.717, 1.165) is 36.4 Å². The van der Waals surface area contributed by atoms with E-state index < -0.39 is 0 Å². The Balaban J connectivity index is 1.48. The second kappa shape index (κ2) is 6.62. The average molecular weight is 294 g/mol. The molecule has 2 aromatic carbocycles. The number of imidazole rings is 1. The lowest BCUT2D eigenvalue weighted by molar-refractivity contribution is 0.675. The second-order valence-corrected chi connectivity index (χ2v) is 5.69. The van der Waals surface area contributed by atoms with Crippen LogP contribution in [0.5, 0.6) is 0 Å². The minimum absolute atomic E-state index is 0.883. The third kappa shape index (κ3) is 3.46. The smallest absolute Gasteiger partial charge is 0.108 e. The van der Waals surface area contributed by atoms with Crippen LogP contribution in [0.1, 0.15) is 11.4 Å². The molecule has 0 spiro atoms. The van der Waals surface area contributed by atoms with Crippen LogP contribution in [0.4, 0.5) is 5.69 Å². The van der Waals surface area contributed by atoms with Crippen LogP contribution >= 0.6 is 0 Å². The average Bonchev–Trinajstić information content (AvgIpc) is 2.95. The molecule has 1 aromatic heterocycles. The van der Waals surface area contributed by atoms with E-state index in [2.05, 4.69) is 64.6 Å². The van der Waals surface area contributed by atoms with Gasteiger partial charge in [-0.3, -0.25) is 0 Å². The van der Waals surface area contributed by atoms with E-state index >= 15 is 0 Å². The lowest BCUT2D eigenvalue weighted by Gasteiger charge is -2.12. The molecule has 4 nitrogen and oxygen atoms in total. The topological polar surface area (TPSA) is 44.0 Å². The predicted octanol–water partition coefficient (Wildman–Crippen LogP) is 2.96. The third-order valence-electron chi connectivity index (χ3n) is 3.76. The summed E-state index contributed by atoms with van der Waals surface area (Å²) in [4.78, 5) is 10.1. The maximum atomic E-state index is 4.59. The van der Waals surface area contributed by atoms with E-state index in [1.165, 1.54) is 11.3 Å². The van der Waals surface area contributed by atoms with Gasteiger partial charge in [0.15, 0.2) is 0 Å². The maximum Gasteiger partial charge on any atom is 0.108 e. The molecule has 0 aliphatic rings. The normalized spacial score (nSPS) is 11.0. The maximum absolute atomic E-state index is 4.59. The quantitative estimate of drug-likeness (QED) is 0.687. The first kappa shape index (κ1) is 14.6. The van der Waals surface area contributed by atoms with E-state index in [1.54, 1.807) is 0 Å². The van der Waals surface area contributed by atoms with Crippen molar-refractivity contribution in [3.8, 4) is 0 Å². The molecule has 0 amide bonds. The fraction of sp³-hybridized carbons (Fsp3) is 0.278. The molecule has 0 fully saturated rings. The van der Waals surface area contributed by atoms with Crippen molar-refractivity contribution in [3.63, 3.8) is 0 Å². The van der Waals surface area contributed by atoms with Gasteiger partial charge in [-0.2, -0.15) is 0 Å². The number of rotatable bonds is 6. The summed E-state index contributed by atoms with van der Waals surface area (Å²) in [5.41, 5.74) is 4.68. The SMILES string of the molecule is CN(C)c1ccc(CNCCc2nc3ccccc3[nH]2)cc1. The number of fused-ring (bicyclic) bond motifs is 1. The van der Waals surface area contributed by atoms with Gasteiger partial charge in [0, 0.05) is 39.3 Å². The van der Waals surface area contributed by atoms with Crippen LogP contribution in [0.2, 0.25) is 0 Å². The molecule has 0 saturated carbocycles.